The van der Waals surface area contributed by atoms with Crippen LogP contribution < -0.4 is 0 Å². The number of nitrogens with zero attached hydrogens (tertiary/aromatic N) is 2. The van der Waals surface area contributed by atoms with E-state index in [1.165, 1.54) is 22.5 Å². The van der Waals surface area contributed by atoms with Gasteiger partial charge in [0.1, 0.15) is 10.7 Å². The van der Waals surface area contributed by atoms with Crippen molar-refractivity contribution in [3.05, 3.63) is 30.1 Å². The van der Waals surface area contributed by atoms with Crippen LogP contribution in [-0.2, 0) is 14.8 Å². The Morgan fingerprint density at radius 1 is 1.35 bits per heavy atom. The Bertz CT molecular complexity index is 665. The summed E-state index contributed by atoms with van der Waals surface area (Å²) in [7, 11) is -2.14. The van der Waals surface area contributed by atoms with Crippen LogP contribution in [0.3, 0.4) is 0 Å². The minimum Gasteiger partial charge on any atom is -0.480 e. The molecule has 0 saturated carbocycles. The van der Waals surface area contributed by atoms with E-state index in [4.69, 9.17) is 5.11 Å². The highest BCUT2D eigenvalue weighted by Gasteiger charge is 2.30. The molecule has 0 amide bonds. The molecule has 2 rings (SSSR count). The quantitative estimate of drug-likeness (QED) is 0.873. The van der Waals surface area contributed by atoms with E-state index < -0.39 is 21.8 Å². The number of hydrogen-bond acceptors (Lipinski definition) is 4. The molecular weight excluding hydrogens is 323 g/mol. The van der Waals surface area contributed by atoms with Crippen LogP contribution in [0.4, 0.5) is 4.39 Å². The fraction of sp³-hybridized carbons (Fsp3) is 0.533. The summed E-state index contributed by atoms with van der Waals surface area (Å²) >= 11 is 0. The molecule has 6 nitrogen and oxygen atoms in total. The highest BCUT2D eigenvalue weighted by atomic mass is 32.2. The van der Waals surface area contributed by atoms with Gasteiger partial charge in [-0.05, 0) is 38.4 Å². The first kappa shape index (κ1) is 17.8. The molecule has 0 aromatic heterocycles. The molecule has 1 aliphatic heterocycles. The summed E-state index contributed by atoms with van der Waals surface area (Å²) in [5.74, 6) is -1.66. The lowest BCUT2D eigenvalue weighted by Crippen LogP contribution is -2.37. The monoisotopic (exact) mass is 344 g/mol. The van der Waals surface area contributed by atoms with Gasteiger partial charge in [0, 0.05) is 19.1 Å². The maximum Gasteiger partial charge on any atom is 0.317 e. The molecule has 1 aliphatic rings. The molecule has 0 aliphatic carbocycles. The molecule has 1 atom stereocenters. The lowest BCUT2D eigenvalue weighted by atomic mass is 10.1. The second-order valence-electron chi connectivity index (χ2n) is 5.73. The highest BCUT2D eigenvalue weighted by molar-refractivity contribution is 7.89. The normalized spacial score (nSPS) is 20.4. The number of carboxylic acid groups (broad SMARTS) is 1. The van der Waals surface area contributed by atoms with Crippen LogP contribution in [0, 0.1) is 5.82 Å². The van der Waals surface area contributed by atoms with E-state index in [9.17, 15) is 17.6 Å². The van der Waals surface area contributed by atoms with Crippen molar-refractivity contribution in [2.45, 2.75) is 30.2 Å². The zero-order valence-corrected chi connectivity index (χ0v) is 13.8. The lowest BCUT2D eigenvalue weighted by Gasteiger charge is -2.25. The van der Waals surface area contributed by atoms with Crippen LogP contribution in [0.15, 0.2) is 29.2 Å². The predicted molar refractivity (Wildman–Crippen MR) is 83.1 cm³/mol. The number of carbonyl (C=O) groups is 1. The second-order valence-corrected chi connectivity index (χ2v) is 7.63. The van der Waals surface area contributed by atoms with E-state index in [1.807, 2.05) is 0 Å². The van der Waals surface area contributed by atoms with Crippen LogP contribution >= 0.6 is 0 Å². The summed E-state index contributed by atoms with van der Waals surface area (Å²) in [5, 5.41) is 8.86. The largest absolute Gasteiger partial charge is 0.480 e. The third kappa shape index (κ3) is 4.27. The summed E-state index contributed by atoms with van der Waals surface area (Å²) in [5.41, 5.74) is 0. The van der Waals surface area contributed by atoms with Crippen molar-refractivity contribution in [2.75, 3.05) is 26.7 Å². The van der Waals surface area contributed by atoms with Gasteiger partial charge in [-0.1, -0.05) is 12.1 Å². The molecule has 1 aromatic carbocycles. The fourth-order valence-electron chi connectivity index (χ4n) is 2.87. The average molecular weight is 344 g/mol. The van der Waals surface area contributed by atoms with Gasteiger partial charge in [-0.2, -0.15) is 4.31 Å². The topological polar surface area (TPSA) is 77.9 Å². The zero-order chi connectivity index (χ0) is 17.0. The highest BCUT2D eigenvalue weighted by Crippen LogP contribution is 2.23. The van der Waals surface area contributed by atoms with Crippen molar-refractivity contribution >= 4 is 16.0 Å². The minimum atomic E-state index is -3.86. The van der Waals surface area contributed by atoms with Gasteiger partial charge in [0.25, 0.3) is 0 Å². The Morgan fingerprint density at radius 3 is 2.70 bits per heavy atom. The van der Waals surface area contributed by atoms with E-state index in [0.717, 1.165) is 6.07 Å². The first-order chi connectivity index (χ1) is 10.8. The van der Waals surface area contributed by atoms with E-state index >= 15 is 0 Å². The average Bonchev–Trinajstić information content (AvgIpc) is 2.73. The number of benzene rings is 1. The van der Waals surface area contributed by atoms with Crippen molar-refractivity contribution < 1.29 is 22.7 Å². The van der Waals surface area contributed by atoms with Crippen molar-refractivity contribution in [1.82, 2.24) is 9.21 Å². The molecule has 1 N–H and O–H groups in total. The first-order valence-corrected chi connectivity index (χ1v) is 8.93. The van der Waals surface area contributed by atoms with E-state index in [1.54, 1.807) is 11.9 Å². The zero-order valence-electron chi connectivity index (χ0n) is 13.0. The number of hydrogen-bond donors (Lipinski definition) is 1. The van der Waals surface area contributed by atoms with Gasteiger partial charge in [0.15, 0.2) is 0 Å². The number of aliphatic carboxylic acids is 1. The van der Waals surface area contributed by atoms with Crippen LogP contribution in [0.5, 0.6) is 0 Å². The molecule has 1 fully saturated rings. The maximum atomic E-state index is 13.8. The summed E-state index contributed by atoms with van der Waals surface area (Å²) in [6, 6.07) is 5.36. The predicted octanol–water partition coefficient (Wildman–Crippen LogP) is 1.39. The minimum absolute atomic E-state index is 0.00641. The van der Waals surface area contributed by atoms with Gasteiger partial charge in [0.05, 0.1) is 6.54 Å². The molecule has 23 heavy (non-hydrogen) atoms. The van der Waals surface area contributed by atoms with Crippen LogP contribution in [0.25, 0.3) is 0 Å². The molecule has 0 radical (unpaired) electrons. The summed E-state index contributed by atoms with van der Waals surface area (Å²) in [6.45, 7) is 0.490. The number of halogens is 1. The van der Waals surface area contributed by atoms with Crippen molar-refractivity contribution in [1.29, 1.82) is 0 Å². The van der Waals surface area contributed by atoms with Crippen LogP contribution in [-0.4, -0.2) is 61.4 Å². The molecule has 8 heteroatoms. The maximum absolute atomic E-state index is 13.8. The van der Waals surface area contributed by atoms with Crippen LogP contribution in [0.1, 0.15) is 19.3 Å². The fourth-order valence-corrected chi connectivity index (χ4v) is 4.43. The Morgan fingerprint density at radius 2 is 2.04 bits per heavy atom. The van der Waals surface area contributed by atoms with Gasteiger partial charge < -0.3 is 5.11 Å². The van der Waals surface area contributed by atoms with Crippen molar-refractivity contribution in [2.24, 2.45) is 0 Å². The van der Waals surface area contributed by atoms with Crippen molar-refractivity contribution in [3.63, 3.8) is 0 Å². The van der Waals surface area contributed by atoms with Crippen LogP contribution in [0.2, 0.25) is 0 Å². The standard InChI is InChI=1S/C15H21FN2O4S/c1-17(11-15(19)20)12-5-4-9-18(10-8-12)23(21,22)14-7-3-2-6-13(14)16/h2-3,6-7,12H,4-5,8-11H2,1H3,(H,19,20). The molecule has 1 unspecified atom stereocenters. The molecular formula is C15H21FN2O4S. The molecule has 128 valence electrons. The summed E-state index contributed by atoms with van der Waals surface area (Å²) in [6.07, 6.45) is 1.85. The van der Waals surface area contributed by atoms with Gasteiger partial charge in [0.2, 0.25) is 10.0 Å². The summed E-state index contributed by atoms with van der Waals surface area (Å²) in [4.78, 5) is 12.2. The third-order valence-electron chi connectivity index (χ3n) is 4.12. The second kappa shape index (κ2) is 7.37. The smallest absolute Gasteiger partial charge is 0.317 e. The lowest BCUT2D eigenvalue weighted by molar-refractivity contribution is -0.138. The number of carboxylic acids is 1. The molecule has 1 saturated heterocycles. The number of likely N-dealkylation sites (N-methyl/N-ethyl adjacent to an activating group) is 1. The SMILES string of the molecule is CN(CC(=O)O)C1CCCN(S(=O)(=O)c2ccccc2F)CC1. The van der Waals surface area contributed by atoms with Crippen molar-refractivity contribution in [3.8, 4) is 0 Å². The number of rotatable bonds is 5. The Balaban J connectivity index is 2.11. The van der Waals surface area contributed by atoms with E-state index in [2.05, 4.69) is 0 Å². The first-order valence-electron chi connectivity index (χ1n) is 7.49. The Hall–Kier alpha value is -1.51. The van der Waals surface area contributed by atoms with Gasteiger partial charge in [-0.3, -0.25) is 9.69 Å². The third-order valence-corrected chi connectivity index (χ3v) is 6.05. The Kier molecular flexibility index (Phi) is 5.72. The molecule has 0 spiro atoms. The number of sulfonamides is 1. The molecule has 1 heterocycles. The Labute approximate surface area is 135 Å². The van der Waals surface area contributed by atoms with E-state index in [-0.39, 0.29) is 24.0 Å². The van der Waals surface area contributed by atoms with E-state index in [0.29, 0.717) is 25.8 Å². The van der Waals surface area contributed by atoms with Gasteiger partial charge >= 0.3 is 5.97 Å². The van der Waals surface area contributed by atoms with Gasteiger partial charge in [-0.15, -0.1) is 0 Å². The van der Waals surface area contributed by atoms with Gasteiger partial charge in [-0.25, -0.2) is 12.8 Å². The molecule has 1 aromatic rings. The molecule has 0 bridgehead atoms. The summed E-state index contributed by atoms with van der Waals surface area (Å²) < 4.78 is 40.3.